The molecule has 19 heteroatoms. The number of piperidine rings is 1. The fourth-order valence-corrected chi connectivity index (χ4v) is 7.24. The predicted octanol–water partition coefficient (Wildman–Crippen LogP) is -0.607. The maximum atomic E-state index is 14.0. The molecule has 0 bridgehead atoms. The largest absolute Gasteiger partial charge is 0.394 e. The fourth-order valence-electron chi connectivity index (χ4n) is 6.25. The van der Waals surface area contributed by atoms with Crippen molar-refractivity contribution in [2.24, 2.45) is 17.4 Å². The van der Waals surface area contributed by atoms with Crippen LogP contribution in [-0.2, 0) is 19.2 Å². The third-order valence-electron chi connectivity index (χ3n) is 9.23. The Balaban J connectivity index is 1.77. The lowest BCUT2D eigenvalue weighted by atomic mass is 9.98. The smallest absolute Gasteiger partial charge is 0.251 e. The highest BCUT2D eigenvalue weighted by molar-refractivity contribution is 7.20. The van der Waals surface area contributed by atoms with Gasteiger partial charge in [-0.3, -0.25) is 34.2 Å². The van der Waals surface area contributed by atoms with Gasteiger partial charge in [-0.05, 0) is 95.1 Å². The number of ketones is 2. The SMILES string of the molecule is CC(=O)N[C@@H](CO)C(=O)N[C@@H](CCCCN)C(=O)N[C@@H](CC(C)C)C(=O)CN[C@@H](CCCNC(=N)N)C(=O)c1nc2ccc(C(=O)NC3CCNCC3)cc2s1. The highest BCUT2D eigenvalue weighted by Gasteiger charge is 2.31. The quantitative estimate of drug-likeness (QED) is 0.0274. The van der Waals surface area contributed by atoms with Crippen molar-refractivity contribution in [1.82, 2.24) is 42.2 Å². The molecule has 0 saturated carbocycles. The summed E-state index contributed by atoms with van der Waals surface area (Å²) in [6.07, 6.45) is 3.92. The summed E-state index contributed by atoms with van der Waals surface area (Å²) in [7, 11) is 0. The molecule has 3 rings (SSSR count). The Bertz CT molecular complexity index is 1660. The van der Waals surface area contributed by atoms with Crippen LogP contribution in [0, 0.1) is 11.3 Å². The summed E-state index contributed by atoms with van der Waals surface area (Å²) < 4.78 is 0.662. The molecule has 0 unspecified atom stereocenters. The van der Waals surface area contributed by atoms with Crippen molar-refractivity contribution >= 4 is 62.7 Å². The molecule has 1 aromatic heterocycles. The summed E-state index contributed by atoms with van der Waals surface area (Å²) in [5.74, 6) is -3.07. The molecule has 1 saturated heterocycles. The lowest BCUT2D eigenvalue weighted by molar-refractivity contribution is -0.134. The molecule has 1 aromatic carbocycles. The number of unbranched alkanes of at least 4 members (excludes halogenated alkanes) is 1. The summed E-state index contributed by atoms with van der Waals surface area (Å²) in [6, 6.07) is 1.01. The van der Waals surface area contributed by atoms with E-state index in [0.29, 0.717) is 48.1 Å². The van der Waals surface area contributed by atoms with Crippen molar-refractivity contribution in [3.8, 4) is 0 Å². The topological polar surface area (TPSA) is 296 Å². The minimum Gasteiger partial charge on any atom is -0.394 e. The van der Waals surface area contributed by atoms with Gasteiger partial charge in [-0.2, -0.15) is 0 Å². The van der Waals surface area contributed by atoms with Gasteiger partial charge < -0.3 is 53.8 Å². The molecule has 13 N–H and O–H groups in total. The average Bonchev–Trinajstić information content (AvgIpc) is 3.59. The number of nitrogens with zero attached hydrogens (tertiary/aromatic N) is 1. The number of carbonyl (C=O) groups is 6. The van der Waals surface area contributed by atoms with E-state index in [2.05, 4.69) is 42.2 Å². The van der Waals surface area contributed by atoms with E-state index in [-0.39, 0.29) is 66.2 Å². The second-order valence-corrected chi connectivity index (χ2v) is 15.4. The number of nitrogens with one attached hydrogen (secondary N) is 8. The van der Waals surface area contributed by atoms with Crippen LogP contribution >= 0.6 is 11.3 Å². The van der Waals surface area contributed by atoms with Crippen LogP contribution in [0.5, 0.6) is 0 Å². The van der Waals surface area contributed by atoms with Crippen molar-refractivity contribution in [1.29, 1.82) is 5.41 Å². The van der Waals surface area contributed by atoms with Crippen LogP contribution in [0.3, 0.4) is 0 Å². The highest BCUT2D eigenvalue weighted by atomic mass is 32.1. The molecule has 4 atom stereocenters. The molecule has 1 fully saturated rings. The number of aliphatic hydroxyl groups excluding tert-OH is 1. The van der Waals surface area contributed by atoms with Crippen LogP contribution in [0.1, 0.15) is 92.3 Å². The van der Waals surface area contributed by atoms with Gasteiger partial charge in [0.1, 0.15) is 12.1 Å². The molecule has 4 amide bonds. The number of fused-ring (bicyclic) bond motifs is 1. The minimum atomic E-state index is -1.27. The molecular weight excluding hydrogens is 743 g/mol. The van der Waals surface area contributed by atoms with E-state index in [1.807, 2.05) is 13.8 Å². The number of hydrogen-bond donors (Lipinski definition) is 11. The van der Waals surface area contributed by atoms with E-state index in [0.717, 1.165) is 37.3 Å². The van der Waals surface area contributed by atoms with Crippen molar-refractivity contribution in [2.75, 3.05) is 39.3 Å². The molecular formula is C37H59N11O7S. The van der Waals surface area contributed by atoms with Gasteiger partial charge in [0, 0.05) is 25.1 Å². The van der Waals surface area contributed by atoms with Crippen LogP contribution in [0.2, 0.25) is 0 Å². The van der Waals surface area contributed by atoms with E-state index in [9.17, 15) is 33.9 Å². The summed E-state index contributed by atoms with van der Waals surface area (Å²) in [4.78, 5) is 83.3. The summed E-state index contributed by atoms with van der Waals surface area (Å²) in [6.45, 7) is 6.39. The molecule has 0 aliphatic carbocycles. The molecule has 1 aliphatic heterocycles. The summed E-state index contributed by atoms with van der Waals surface area (Å²) >= 11 is 1.15. The van der Waals surface area contributed by atoms with Crippen molar-refractivity contribution < 1.29 is 33.9 Å². The summed E-state index contributed by atoms with van der Waals surface area (Å²) in [5, 5.41) is 37.2. The standard InChI is InChI=1S/C37H59N11O7S/c1-21(2)17-28(47-34(54)27(7-4-5-13-38)46-35(55)29(20-49)44-22(3)50)30(51)19-43-26(8-6-14-42-37(39)40)32(52)36-48-25-10-9-23(18-31(25)56-36)33(53)45-24-11-15-41-16-12-24/h9-10,18,21,24,26-29,41,43,49H,4-8,11-17,19-20,38H2,1-3H3,(H,44,50)(H,45,53)(H,46,55)(H,47,54)(H4,39,40,42)/t26-,27-,28-,29-/m0/s1. The number of benzene rings is 1. The van der Waals surface area contributed by atoms with E-state index in [1.165, 1.54) is 6.92 Å². The minimum absolute atomic E-state index is 0.0162. The molecule has 18 nitrogen and oxygen atoms in total. The Morgan fingerprint density at radius 3 is 2.29 bits per heavy atom. The van der Waals surface area contributed by atoms with E-state index < -0.39 is 48.5 Å². The second kappa shape index (κ2) is 23.5. The Hall–Kier alpha value is -4.56. The number of rotatable bonds is 24. The number of nitrogens with two attached hydrogens (primary N) is 2. The molecule has 2 heterocycles. The van der Waals surface area contributed by atoms with Crippen molar-refractivity contribution in [3.63, 3.8) is 0 Å². The number of thiazole rings is 1. The zero-order valence-corrected chi connectivity index (χ0v) is 33.3. The van der Waals surface area contributed by atoms with Gasteiger partial charge in [-0.15, -0.1) is 11.3 Å². The van der Waals surface area contributed by atoms with Gasteiger partial charge in [0.15, 0.2) is 16.8 Å². The number of aromatic nitrogens is 1. The molecule has 56 heavy (non-hydrogen) atoms. The van der Waals surface area contributed by atoms with Crippen LogP contribution < -0.4 is 48.7 Å². The Kier molecular flexibility index (Phi) is 19.2. The van der Waals surface area contributed by atoms with Crippen LogP contribution in [-0.4, -0.2) is 121 Å². The number of hydrogen-bond acceptors (Lipinski definition) is 13. The van der Waals surface area contributed by atoms with E-state index >= 15 is 0 Å². The Morgan fingerprint density at radius 1 is 0.964 bits per heavy atom. The van der Waals surface area contributed by atoms with Crippen molar-refractivity contribution in [2.45, 2.75) is 102 Å². The first-order valence-electron chi connectivity index (χ1n) is 19.2. The van der Waals surface area contributed by atoms with Gasteiger partial charge >= 0.3 is 0 Å². The molecule has 0 radical (unpaired) electrons. The van der Waals surface area contributed by atoms with Gasteiger partial charge in [0.25, 0.3) is 5.91 Å². The maximum absolute atomic E-state index is 14.0. The average molecular weight is 802 g/mol. The number of aliphatic hydroxyl groups is 1. The number of amides is 4. The molecule has 0 spiro atoms. The van der Waals surface area contributed by atoms with Gasteiger partial charge in [0.05, 0.1) is 35.5 Å². The third kappa shape index (κ3) is 15.2. The summed E-state index contributed by atoms with van der Waals surface area (Å²) in [5.41, 5.74) is 12.1. The third-order valence-corrected chi connectivity index (χ3v) is 10.3. The van der Waals surface area contributed by atoms with Crippen LogP contribution in [0.25, 0.3) is 10.2 Å². The Morgan fingerprint density at radius 2 is 1.64 bits per heavy atom. The molecule has 2 aromatic rings. The normalized spacial score (nSPS) is 15.3. The predicted molar refractivity (Wildman–Crippen MR) is 214 cm³/mol. The van der Waals surface area contributed by atoms with E-state index in [1.54, 1.807) is 18.2 Å². The van der Waals surface area contributed by atoms with Crippen LogP contribution in [0.4, 0.5) is 0 Å². The Labute approximate surface area is 331 Å². The van der Waals surface area contributed by atoms with Gasteiger partial charge in [-0.1, -0.05) is 13.8 Å². The first-order chi connectivity index (χ1) is 26.7. The van der Waals surface area contributed by atoms with Crippen molar-refractivity contribution in [3.05, 3.63) is 28.8 Å². The van der Waals surface area contributed by atoms with Gasteiger partial charge in [0.2, 0.25) is 23.5 Å². The highest BCUT2D eigenvalue weighted by Crippen LogP contribution is 2.25. The first-order valence-corrected chi connectivity index (χ1v) is 20.0. The van der Waals surface area contributed by atoms with E-state index in [4.69, 9.17) is 16.9 Å². The number of carbonyl (C=O) groups excluding carboxylic acids is 6. The number of Topliss-reactive ketones (excluding diaryl/α,β-unsaturated/α-hetero) is 2. The molecule has 1 aliphatic rings. The maximum Gasteiger partial charge on any atom is 0.251 e. The van der Waals surface area contributed by atoms with Gasteiger partial charge in [-0.25, -0.2) is 4.98 Å². The first kappa shape index (κ1) is 45.8. The lowest BCUT2D eigenvalue weighted by Crippen LogP contribution is -2.57. The fraction of sp³-hybridized carbons (Fsp3) is 0.622. The monoisotopic (exact) mass is 801 g/mol. The second-order valence-electron chi connectivity index (χ2n) is 14.4. The zero-order valence-electron chi connectivity index (χ0n) is 32.5. The lowest BCUT2D eigenvalue weighted by Gasteiger charge is -2.26. The van der Waals surface area contributed by atoms with Crippen LogP contribution in [0.15, 0.2) is 18.2 Å². The molecule has 310 valence electrons. The number of guanidine groups is 1. The zero-order chi connectivity index (χ0) is 41.2.